The van der Waals surface area contributed by atoms with Crippen LogP contribution < -0.4 is 30.7 Å². The van der Waals surface area contributed by atoms with E-state index in [1.807, 2.05) is 44.2 Å². The number of carbonyl (C=O) groups is 4. The zero-order chi connectivity index (χ0) is 45.7. The number of carbonyl (C=O) groups excluding carboxylic acids is 4. The van der Waals surface area contributed by atoms with Gasteiger partial charge in [-0.25, -0.2) is 4.98 Å². The zero-order valence-electron chi connectivity index (χ0n) is 37.8. The smallest absolute Gasteiger partial charge is 0.293 e. The van der Waals surface area contributed by atoms with Crippen molar-refractivity contribution in [2.24, 2.45) is 0 Å². The average molecular weight is 909 g/mol. The number of piperazine rings is 1. The normalized spacial score (nSPS) is 22.6. The third-order valence-corrected chi connectivity index (χ3v) is 14.0. The molecule has 4 aliphatic heterocycles. The Labute approximate surface area is 383 Å². The molecule has 5 aliphatic rings. The van der Waals surface area contributed by atoms with Crippen LogP contribution in [0.5, 0.6) is 5.75 Å². The number of hydrogen-bond acceptors (Lipinski definition) is 13. The second-order valence-electron chi connectivity index (χ2n) is 19.0. The number of Topliss-reactive ketones (excluding diaryl/α,β-unsaturated/α-hetero) is 1. The maximum Gasteiger partial charge on any atom is 0.293 e. The molecule has 2 N–H and O–H groups in total. The molecular formula is C48H58ClN9O7. The van der Waals surface area contributed by atoms with Gasteiger partial charge in [0.1, 0.15) is 17.7 Å². The Morgan fingerprint density at radius 3 is 2.49 bits per heavy atom. The summed E-state index contributed by atoms with van der Waals surface area (Å²) >= 11 is 6.62. The van der Waals surface area contributed by atoms with Crippen LogP contribution in [0.4, 0.5) is 23.1 Å². The molecule has 3 amide bonds. The van der Waals surface area contributed by atoms with E-state index in [1.54, 1.807) is 28.7 Å². The molecule has 65 heavy (non-hydrogen) atoms. The van der Waals surface area contributed by atoms with Crippen LogP contribution in [-0.2, 0) is 25.7 Å². The SMILES string of the molecule is CCC(=O)COc1cc2cc(Nc3nc(N4CCC(OC5CC(N6CCN(c7ccc8c(c7)CN([C@H]7CCC(=O)NC7=O)C8=O)C(C)(C)C6)C5)CC4)ncc3Cl)ccc2n(C(C)C)c1=O. The van der Waals surface area contributed by atoms with Crippen molar-refractivity contribution in [1.82, 2.24) is 29.7 Å². The highest BCUT2D eigenvalue weighted by Crippen LogP contribution is 2.38. The van der Waals surface area contributed by atoms with Gasteiger partial charge in [-0.05, 0) is 108 Å². The second-order valence-corrected chi connectivity index (χ2v) is 19.4. The molecule has 2 aromatic heterocycles. The van der Waals surface area contributed by atoms with E-state index in [1.165, 1.54) is 0 Å². The molecule has 16 nitrogen and oxygen atoms in total. The molecule has 0 spiro atoms. The van der Waals surface area contributed by atoms with Gasteiger partial charge < -0.3 is 34.1 Å². The molecule has 0 radical (unpaired) electrons. The highest BCUT2D eigenvalue weighted by atomic mass is 35.5. The molecule has 344 valence electrons. The van der Waals surface area contributed by atoms with Crippen molar-refractivity contribution >= 4 is 69.1 Å². The van der Waals surface area contributed by atoms with Crippen LogP contribution >= 0.6 is 11.6 Å². The second kappa shape index (κ2) is 18.0. The molecule has 3 saturated heterocycles. The molecular weight excluding hydrogens is 850 g/mol. The first kappa shape index (κ1) is 44.6. The van der Waals surface area contributed by atoms with Crippen LogP contribution in [0.3, 0.4) is 0 Å². The highest BCUT2D eigenvalue weighted by molar-refractivity contribution is 6.33. The first-order chi connectivity index (χ1) is 31.1. The number of benzene rings is 2. The van der Waals surface area contributed by atoms with Gasteiger partial charge in [0.25, 0.3) is 11.5 Å². The minimum Gasteiger partial charge on any atom is -0.480 e. The Balaban J connectivity index is 0.759. The molecule has 0 bridgehead atoms. The maximum absolute atomic E-state index is 13.3. The number of aromatic nitrogens is 3. The van der Waals surface area contributed by atoms with Gasteiger partial charge in [-0.15, -0.1) is 0 Å². The summed E-state index contributed by atoms with van der Waals surface area (Å²) < 4.78 is 14.0. The third kappa shape index (κ3) is 9.04. The number of anilines is 4. The molecule has 9 rings (SSSR count). The molecule has 2 aromatic carbocycles. The quantitative estimate of drug-likeness (QED) is 0.150. The van der Waals surface area contributed by atoms with Gasteiger partial charge in [0.05, 0.1) is 23.9 Å². The van der Waals surface area contributed by atoms with E-state index in [2.05, 4.69) is 50.2 Å². The predicted molar refractivity (Wildman–Crippen MR) is 248 cm³/mol. The van der Waals surface area contributed by atoms with Gasteiger partial charge in [-0.2, -0.15) is 4.98 Å². The topological polar surface area (TPSA) is 172 Å². The van der Waals surface area contributed by atoms with E-state index >= 15 is 0 Å². The van der Waals surface area contributed by atoms with Crippen molar-refractivity contribution in [3.05, 3.63) is 75.2 Å². The number of ketones is 1. The van der Waals surface area contributed by atoms with Crippen molar-refractivity contribution in [3.63, 3.8) is 0 Å². The average Bonchev–Trinajstić information content (AvgIpc) is 3.58. The molecule has 1 saturated carbocycles. The lowest BCUT2D eigenvalue weighted by atomic mass is 9.85. The van der Waals surface area contributed by atoms with Crippen LogP contribution in [0.1, 0.15) is 102 Å². The van der Waals surface area contributed by atoms with Gasteiger partial charge in [0, 0.05) is 92.1 Å². The fourth-order valence-electron chi connectivity index (χ4n) is 10.1. The summed E-state index contributed by atoms with van der Waals surface area (Å²) in [4.78, 5) is 81.0. The first-order valence-electron chi connectivity index (χ1n) is 23.0. The molecule has 17 heteroatoms. The number of pyridine rings is 1. The summed E-state index contributed by atoms with van der Waals surface area (Å²) in [6.07, 6.45) is 6.71. The first-order valence-corrected chi connectivity index (χ1v) is 23.4. The minimum absolute atomic E-state index is 0.0823. The number of fused-ring (bicyclic) bond motifs is 2. The van der Waals surface area contributed by atoms with E-state index in [0.29, 0.717) is 47.8 Å². The van der Waals surface area contributed by atoms with Gasteiger partial charge in [-0.1, -0.05) is 18.5 Å². The molecule has 1 atom stereocenters. The zero-order valence-corrected chi connectivity index (χ0v) is 38.5. The standard InChI is InChI=1S/C48H58ClN9O7/c1-6-34(59)26-64-41-21-29-19-31(7-10-39(29)58(28(2)3)46(41)63)51-43-38(49)24-50-47(53-43)54-15-13-35(14-16-54)65-36-22-33(23-36)55-17-18-57(48(4,5)27-55)32-8-9-37-30(20-32)25-56(45(37)62)40-11-12-42(60)52-44(40)61/h7-10,19-21,24,28,33,35-36,40H,6,11-18,22-23,25-27H2,1-5H3,(H,50,51,53)(H,52,60,61)/t33?,36?,40-/m0/s1. The number of nitrogens with zero attached hydrogens (tertiary/aromatic N) is 7. The van der Waals surface area contributed by atoms with E-state index in [0.717, 1.165) is 86.2 Å². The molecule has 4 aromatic rings. The monoisotopic (exact) mass is 907 g/mol. The van der Waals surface area contributed by atoms with E-state index in [9.17, 15) is 24.0 Å². The summed E-state index contributed by atoms with van der Waals surface area (Å²) in [5, 5.41) is 6.89. The fraction of sp³-hybridized carbons (Fsp3) is 0.521. The van der Waals surface area contributed by atoms with Crippen LogP contribution in [-0.4, -0.2) is 117 Å². The summed E-state index contributed by atoms with van der Waals surface area (Å²) in [6, 6.07) is 13.1. The Kier molecular flexibility index (Phi) is 12.4. The van der Waals surface area contributed by atoms with Crippen molar-refractivity contribution in [2.45, 2.75) is 122 Å². The number of imide groups is 1. The van der Waals surface area contributed by atoms with Crippen LogP contribution in [0, 0.1) is 0 Å². The summed E-state index contributed by atoms with van der Waals surface area (Å²) in [5.74, 6) is 0.286. The van der Waals surface area contributed by atoms with Crippen molar-refractivity contribution < 1.29 is 28.7 Å². The molecule has 4 fully saturated rings. The van der Waals surface area contributed by atoms with Crippen LogP contribution in [0.15, 0.2) is 53.5 Å². The van der Waals surface area contributed by atoms with Gasteiger partial charge >= 0.3 is 0 Å². The van der Waals surface area contributed by atoms with Gasteiger partial charge in [-0.3, -0.25) is 34.2 Å². The predicted octanol–water partition coefficient (Wildman–Crippen LogP) is 6.01. The largest absolute Gasteiger partial charge is 0.480 e. The number of nitrogens with one attached hydrogen (secondary N) is 2. The van der Waals surface area contributed by atoms with Crippen molar-refractivity contribution in [3.8, 4) is 5.75 Å². The number of amides is 3. The summed E-state index contributed by atoms with van der Waals surface area (Å²) in [7, 11) is 0. The van der Waals surface area contributed by atoms with Gasteiger partial charge in [0.15, 0.2) is 17.4 Å². The Bertz CT molecular complexity index is 2590. The van der Waals surface area contributed by atoms with E-state index in [-0.39, 0.29) is 65.7 Å². The minimum atomic E-state index is -0.622. The summed E-state index contributed by atoms with van der Waals surface area (Å²) in [5.41, 5.74) is 3.70. The maximum atomic E-state index is 13.3. The Morgan fingerprint density at radius 2 is 1.77 bits per heavy atom. The fourth-order valence-corrected chi connectivity index (χ4v) is 10.3. The molecule has 1 aliphatic carbocycles. The number of halogens is 1. The number of rotatable bonds is 13. The lowest BCUT2D eigenvalue weighted by Crippen LogP contribution is -2.64. The summed E-state index contributed by atoms with van der Waals surface area (Å²) in [6.45, 7) is 14.6. The van der Waals surface area contributed by atoms with Crippen molar-refractivity contribution in [1.29, 1.82) is 0 Å². The van der Waals surface area contributed by atoms with E-state index < -0.39 is 11.9 Å². The van der Waals surface area contributed by atoms with Crippen LogP contribution in [0.25, 0.3) is 10.9 Å². The highest BCUT2D eigenvalue weighted by Gasteiger charge is 2.43. The Morgan fingerprint density at radius 1 is 0.985 bits per heavy atom. The molecule has 0 unspecified atom stereocenters. The number of ether oxygens (including phenoxy) is 2. The Hall–Kier alpha value is -5.58. The van der Waals surface area contributed by atoms with Gasteiger partial charge in [0.2, 0.25) is 17.8 Å². The third-order valence-electron chi connectivity index (χ3n) is 13.7. The lowest BCUT2D eigenvalue weighted by molar-refractivity contribution is -0.137. The number of piperidine rings is 2. The van der Waals surface area contributed by atoms with E-state index in [4.69, 9.17) is 26.1 Å². The van der Waals surface area contributed by atoms with Crippen molar-refractivity contribution in [2.75, 3.05) is 54.4 Å². The molecule has 6 heterocycles. The lowest BCUT2D eigenvalue weighted by Gasteiger charge is -2.53. The van der Waals surface area contributed by atoms with Crippen LogP contribution in [0.2, 0.25) is 5.02 Å². The number of hydrogen-bond donors (Lipinski definition) is 2.